The number of hydrogen-bond acceptors (Lipinski definition) is 4. The predicted octanol–water partition coefficient (Wildman–Crippen LogP) is 1.86. The Morgan fingerprint density at radius 1 is 1.50 bits per heavy atom. The van der Waals surface area contributed by atoms with Gasteiger partial charge in [0.1, 0.15) is 5.52 Å². The molecule has 2 heterocycles. The van der Waals surface area contributed by atoms with Gasteiger partial charge in [0.25, 0.3) is 0 Å². The Bertz CT molecular complexity index is 637. The third-order valence-electron chi connectivity index (χ3n) is 2.72. The van der Waals surface area contributed by atoms with Crippen molar-refractivity contribution in [1.29, 1.82) is 0 Å². The molecule has 2 rings (SSSR count). The molecular formula is C11H12F3N5S. The standard InChI is InChI=1S/C11H12F3N5S/c1-18(4-2-9(15)20)10-7-6-8(11(12,13)14)17-19(7)5-3-16-10/h3,5-6H,2,4H2,1H3,(H2,15,20). The maximum absolute atomic E-state index is 12.7. The van der Waals surface area contributed by atoms with Crippen LogP contribution in [0.1, 0.15) is 12.1 Å². The first-order chi connectivity index (χ1) is 9.29. The number of anilines is 1. The number of alkyl halides is 3. The number of fused-ring (bicyclic) bond motifs is 1. The molecule has 0 spiro atoms. The number of thiocarbonyl (C=S) groups is 1. The maximum Gasteiger partial charge on any atom is 0.435 e. The minimum atomic E-state index is -4.49. The van der Waals surface area contributed by atoms with E-state index < -0.39 is 11.9 Å². The fourth-order valence-corrected chi connectivity index (χ4v) is 1.82. The van der Waals surface area contributed by atoms with E-state index in [1.54, 1.807) is 11.9 Å². The zero-order valence-corrected chi connectivity index (χ0v) is 11.4. The van der Waals surface area contributed by atoms with Crippen LogP contribution in [0, 0.1) is 0 Å². The summed E-state index contributed by atoms with van der Waals surface area (Å²) in [6.07, 6.45) is -1.27. The van der Waals surface area contributed by atoms with Gasteiger partial charge in [0.2, 0.25) is 0 Å². The molecule has 0 fully saturated rings. The summed E-state index contributed by atoms with van der Waals surface area (Å²) in [5.74, 6) is 0.395. The molecule has 0 aliphatic carbocycles. The van der Waals surface area contributed by atoms with Gasteiger partial charge in [0, 0.05) is 38.5 Å². The van der Waals surface area contributed by atoms with Crippen molar-refractivity contribution in [3.63, 3.8) is 0 Å². The van der Waals surface area contributed by atoms with Crippen LogP contribution in [0.5, 0.6) is 0 Å². The molecule has 0 saturated carbocycles. The molecule has 0 aromatic carbocycles. The van der Waals surface area contributed by atoms with Gasteiger partial charge < -0.3 is 10.6 Å². The van der Waals surface area contributed by atoms with Crippen LogP contribution in [0.3, 0.4) is 0 Å². The fourth-order valence-electron chi connectivity index (χ4n) is 1.72. The first-order valence-corrected chi connectivity index (χ1v) is 6.11. The minimum Gasteiger partial charge on any atom is -0.393 e. The van der Waals surface area contributed by atoms with Crippen LogP contribution < -0.4 is 10.6 Å². The van der Waals surface area contributed by atoms with Crippen molar-refractivity contribution in [3.05, 3.63) is 24.2 Å². The van der Waals surface area contributed by atoms with Gasteiger partial charge in [0.05, 0.1) is 4.99 Å². The second kappa shape index (κ2) is 5.23. The number of rotatable bonds is 4. The lowest BCUT2D eigenvalue weighted by Gasteiger charge is -2.18. The number of hydrogen-bond donors (Lipinski definition) is 1. The molecule has 0 amide bonds. The van der Waals surface area contributed by atoms with Crippen molar-refractivity contribution < 1.29 is 13.2 Å². The maximum atomic E-state index is 12.7. The van der Waals surface area contributed by atoms with E-state index in [1.165, 1.54) is 12.4 Å². The van der Waals surface area contributed by atoms with Gasteiger partial charge in [-0.3, -0.25) is 0 Å². The van der Waals surface area contributed by atoms with E-state index in [0.29, 0.717) is 23.8 Å². The van der Waals surface area contributed by atoms with E-state index in [1.807, 2.05) is 0 Å². The second-order valence-electron chi connectivity index (χ2n) is 4.25. The Labute approximate surface area is 118 Å². The van der Waals surface area contributed by atoms with Crippen LogP contribution in [0.25, 0.3) is 5.52 Å². The van der Waals surface area contributed by atoms with Gasteiger partial charge in [-0.25, -0.2) is 9.50 Å². The van der Waals surface area contributed by atoms with E-state index in [-0.39, 0.29) is 5.52 Å². The average molecular weight is 303 g/mol. The summed E-state index contributed by atoms with van der Waals surface area (Å²) in [6.45, 7) is 0.467. The van der Waals surface area contributed by atoms with Gasteiger partial charge in [-0.05, 0) is 0 Å². The molecule has 0 aliphatic rings. The molecule has 2 aromatic rings. The molecule has 0 unspecified atom stereocenters. The number of nitrogens with two attached hydrogens (primary N) is 1. The fraction of sp³-hybridized carbons (Fsp3) is 0.364. The highest BCUT2D eigenvalue weighted by Crippen LogP contribution is 2.30. The van der Waals surface area contributed by atoms with E-state index in [0.717, 1.165) is 10.6 Å². The van der Waals surface area contributed by atoms with E-state index >= 15 is 0 Å². The first kappa shape index (κ1) is 14.5. The summed E-state index contributed by atoms with van der Waals surface area (Å²) >= 11 is 4.78. The zero-order chi connectivity index (χ0) is 14.9. The summed E-state index contributed by atoms with van der Waals surface area (Å²) < 4.78 is 39.2. The highest BCUT2D eigenvalue weighted by Gasteiger charge is 2.34. The summed E-state index contributed by atoms with van der Waals surface area (Å²) in [7, 11) is 1.71. The second-order valence-corrected chi connectivity index (χ2v) is 4.77. The van der Waals surface area contributed by atoms with Crippen LogP contribution in [-0.4, -0.2) is 33.2 Å². The average Bonchev–Trinajstić information content (AvgIpc) is 2.79. The molecule has 9 heteroatoms. The summed E-state index contributed by atoms with van der Waals surface area (Å²) in [4.78, 5) is 6.13. The predicted molar refractivity (Wildman–Crippen MR) is 72.7 cm³/mol. The third kappa shape index (κ3) is 2.98. The van der Waals surface area contributed by atoms with Crippen LogP contribution in [0.15, 0.2) is 18.5 Å². The van der Waals surface area contributed by atoms with E-state index in [4.69, 9.17) is 18.0 Å². The van der Waals surface area contributed by atoms with Crippen molar-refractivity contribution in [2.45, 2.75) is 12.6 Å². The van der Waals surface area contributed by atoms with Crippen molar-refractivity contribution >= 4 is 28.5 Å². The van der Waals surface area contributed by atoms with E-state index in [2.05, 4.69) is 10.1 Å². The summed E-state index contributed by atoms with van der Waals surface area (Å²) in [6, 6.07) is 0.972. The molecule has 0 aliphatic heterocycles. The lowest BCUT2D eigenvalue weighted by atomic mass is 10.3. The largest absolute Gasteiger partial charge is 0.435 e. The zero-order valence-electron chi connectivity index (χ0n) is 10.6. The van der Waals surface area contributed by atoms with Crippen molar-refractivity contribution in [2.24, 2.45) is 5.73 Å². The molecule has 0 radical (unpaired) electrons. The van der Waals surface area contributed by atoms with Crippen LogP contribution in [-0.2, 0) is 6.18 Å². The molecular weight excluding hydrogens is 291 g/mol. The Balaban J connectivity index is 2.38. The summed E-state index contributed by atoms with van der Waals surface area (Å²) in [5, 5.41) is 3.50. The quantitative estimate of drug-likeness (QED) is 0.874. The number of halogens is 3. The molecule has 2 aromatic heterocycles. The van der Waals surface area contributed by atoms with Crippen molar-refractivity contribution in [2.75, 3.05) is 18.5 Å². The van der Waals surface area contributed by atoms with Crippen LogP contribution >= 0.6 is 12.2 Å². The van der Waals surface area contributed by atoms with Gasteiger partial charge in [-0.15, -0.1) is 0 Å². The van der Waals surface area contributed by atoms with E-state index in [9.17, 15) is 13.2 Å². The normalized spacial score (nSPS) is 11.8. The topological polar surface area (TPSA) is 59.5 Å². The Morgan fingerprint density at radius 3 is 2.80 bits per heavy atom. The first-order valence-electron chi connectivity index (χ1n) is 5.70. The highest BCUT2D eigenvalue weighted by atomic mass is 32.1. The summed E-state index contributed by atoms with van der Waals surface area (Å²) in [5.41, 5.74) is 4.74. The van der Waals surface area contributed by atoms with Gasteiger partial charge >= 0.3 is 6.18 Å². The smallest absolute Gasteiger partial charge is 0.393 e. The Morgan fingerprint density at radius 2 is 2.20 bits per heavy atom. The Hall–Kier alpha value is -1.90. The number of aromatic nitrogens is 3. The van der Waals surface area contributed by atoms with Crippen LogP contribution in [0.2, 0.25) is 0 Å². The van der Waals surface area contributed by atoms with Gasteiger partial charge in [0.15, 0.2) is 11.5 Å². The molecule has 0 saturated heterocycles. The molecule has 2 N–H and O–H groups in total. The van der Waals surface area contributed by atoms with Gasteiger partial charge in [-0.2, -0.15) is 18.3 Å². The van der Waals surface area contributed by atoms with Crippen molar-refractivity contribution in [1.82, 2.24) is 14.6 Å². The highest BCUT2D eigenvalue weighted by molar-refractivity contribution is 7.80. The molecule has 20 heavy (non-hydrogen) atoms. The molecule has 5 nitrogen and oxygen atoms in total. The molecule has 0 bridgehead atoms. The lowest BCUT2D eigenvalue weighted by Crippen LogP contribution is -2.24. The van der Waals surface area contributed by atoms with Crippen LogP contribution in [0.4, 0.5) is 19.0 Å². The minimum absolute atomic E-state index is 0.283. The molecule has 0 atom stereocenters. The number of nitrogens with zero attached hydrogens (tertiary/aromatic N) is 4. The van der Waals surface area contributed by atoms with Crippen molar-refractivity contribution in [3.8, 4) is 0 Å². The third-order valence-corrected chi connectivity index (χ3v) is 2.92. The Kier molecular flexibility index (Phi) is 3.80. The lowest BCUT2D eigenvalue weighted by molar-refractivity contribution is -0.141. The molecule has 108 valence electrons. The SMILES string of the molecule is CN(CCC(N)=S)c1nccn2nc(C(F)(F)F)cc12. The monoisotopic (exact) mass is 303 g/mol. The van der Waals surface area contributed by atoms with Gasteiger partial charge in [-0.1, -0.05) is 12.2 Å².